The fraction of sp³-hybridized carbons (Fsp3) is 0.125. The third kappa shape index (κ3) is 3.76. The van der Waals surface area contributed by atoms with E-state index in [1.54, 1.807) is 37.4 Å². The fourth-order valence-electron chi connectivity index (χ4n) is 1.89. The molecule has 0 aliphatic carbocycles. The molecular weight excluding hydrogens is 284 g/mol. The lowest BCUT2D eigenvalue weighted by atomic mass is 10.0. The summed E-state index contributed by atoms with van der Waals surface area (Å²) in [5, 5.41) is 10.7. The average molecular weight is 298 g/mol. The highest BCUT2D eigenvalue weighted by Gasteiger charge is 2.08. The molecule has 2 aromatic rings. The zero-order valence-electron chi connectivity index (χ0n) is 11.9. The molecule has 1 heterocycles. The maximum atomic E-state index is 11.4. The monoisotopic (exact) mass is 298 g/mol. The van der Waals surface area contributed by atoms with Crippen LogP contribution in [0.15, 0.2) is 48.7 Å². The molecule has 1 aromatic heterocycles. The van der Waals surface area contributed by atoms with Crippen LogP contribution in [0.25, 0.3) is 17.2 Å². The molecule has 0 bridgehead atoms. The molecule has 6 heteroatoms. The Balaban J connectivity index is 2.31. The van der Waals surface area contributed by atoms with E-state index in [1.165, 1.54) is 18.2 Å². The number of nitro benzene ring substituents is 1. The summed E-state index contributed by atoms with van der Waals surface area (Å²) < 4.78 is 4.82. The summed E-state index contributed by atoms with van der Waals surface area (Å²) in [6.07, 6.45) is 4.48. The number of benzene rings is 1. The highest BCUT2D eigenvalue weighted by atomic mass is 16.6. The van der Waals surface area contributed by atoms with Gasteiger partial charge in [0.1, 0.15) is 0 Å². The van der Waals surface area contributed by atoms with Crippen molar-refractivity contribution < 1.29 is 14.5 Å². The summed E-state index contributed by atoms with van der Waals surface area (Å²) in [6.45, 7) is 2.04. The number of non-ortho nitro benzene ring substituents is 1. The average Bonchev–Trinajstić information content (AvgIpc) is 2.53. The highest BCUT2D eigenvalue weighted by Crippen LogP contribution is 2.25. The predicted octanol–water partition coefficient (Wildman–Crippen LogP) is 3.23. The van der Waals surface area contributed by atoms with Gasteiger partial charge in [0.05, 0.1) is 17.2 Å². The lowest BCUT2D eigenvalue weighted by Crippen LogP contribution is -1.99. The van der Waals surface area contributed by atoms with Crippen molar-refractivity contribution in [2.45, 2.75) is 6.92 Å². The lowest BCUT2D eigenvalue weighted by molar-refractivity contribution is -0.384. The van der Waals surface area contributed by atoms with Gasteiger partial charge < -0.3 is 4.74 Å². The SMILES string of the molecule is CCOC(=O)/C=C/c1ncccc1-c1ccc([N+](=O)[O-])cc1. The molecule has 112 valence electrons. The van der Waals surface area contributed by atoms with Crippen molar-refractivity contribution in [1.82, 2.24) is 4.98 Å². The molecule has 0 amide bonds. The number of hydrogen-bond acceptors (Lipinski definition) is 5. The van der Waals surface area contributed by atoms with Gasteiger partial charge in [-0.3, -0.25) is 15.1 Å². The first-order chi connectivity index (χ1) is 10.6. The minimum absolute atomic E-state index is 0.0243. The summed E-state index contributed by atoms with van der Waals surface area (Å²) in [5.74, 6) is -0.442. The van der Waals surface area contributed by atoms with Gasteiger partial charge in [-0.25, -0.2) is 4.79 Å². The largest absolute Gasteiger partial charge is 0.463 e. The molecule has 0 spiro atoms. The normalized spacial score (nSPS) is 10.6. The lowest BCUT2D eigenvalue weighted by Gasteiger charge is -2.05. The molecule has 1 aromatic carbocycles. The highest BCUT2D eigenvalue weighted by molar-refractivity contribution is 5.88. The van der Waals surface area contributed by atoms with Crippen molar-refractivity contribution in [3.05, 3.63) is 64.5 Å². The molecule has 2 rings (SSSR count). The molecule has 0 N–H and O–H groups in total. The van der Waals surface area contributed by atoms with Crippen LogP contribution in [0.1, 0.15) is 12.6 Å². The van der Waals surface area contributed by atoms with Crippen LogP contribution in [0, 0.1) is 10.1 Å². The number of rotatable bonds is 5. The summed E-state index contributed by atoms with van der Waals surface area (Å²) >= 11 is 0. The number of aromatic nitrogens is 1. The second-order valence-corrected chi connectivity index (χ2v) is 4.33. The van der Waals surface area contributed by atoms with Crippen molar-refractivity contribution in [3.63, 3.8) is 0 Å². The van der Waals surface area contributed by atoms with Gasteiger partial charge in [0.15, 0.2) is 0 Å². The van der Waals surface area contributed by atoms with Crippen LogP contribution in [0.2, 0.25) is 0 Å². The Bertz CT molecular complexity index is 708. The summed E-state index contributed by atoms with van der Waals surface area (Å²) in [6, 6.07) is 9.76. The maximum Gasteiger partial charge on any atom is 0.330 e. The van der Waals surface area contributed by atoms with E-state index in [9.17, 15) is 14.9 Å². The summed E-state index contributed by atoms with van der Waals surface area (Å²) in [5.41, 5.74) is 2.17. The van der Waals surface area contributed by atoms with Gasteiger partial charge >= 0.3 is 5.97 Å². The zero-order chi connectivity index (χ0) is 15.9. The molecule has 0 saturated heterocycles. The Morgan fingerprint density at radius 1 is 1.32 bits per heavy atom. The number of carbonyl (C=O) groups is 1. The molecule has 6 nitrogen and oxygen atoms in total. The van der Waals surface area contributed by atoms with Crippen molar-refractivity contribution in [2.24, 2.45) is 0 Å². The first-order valence-corrected chi connectivity index (χ1v) is 6.66. The van der Waals surface area contributed by atoms with E-state index in [4.69, 9.17) is 4.74 Å². The zero-order valence-corrected chi connectivity index (χ0v) is 11.9. The Morgan fingerprint density at radius 2 is 2.05 bits per heavy atom. The number of esters is 1. The fourth-order valence-corrected chi connectivity index (χ4v) is 1.89. The van der Waals surface area contributed by atoms with Gasteiger partial charge in [-0.2, -0.15) is 0 Å². The molecule has 0 aliphatic heterocycles. The van der Waals surface area contributed by atoms with Crippen LogP contribution in [0.5, 0.6) is 0 Å². The van der Waals surface area contributed by atoms with E-state index in [2.05, 4.69) is 4.98 Å². The number of pyridine rings is 1. The molecule has 0 saturated carbocycles. The van der Waals surface area contributed by atoms with Crippen molar-refractivity contribution in [3.8, 4) is 11.1 Å². The van der Waals surface area contributed by atoms with Gasteiger partial charge in [-0.05, 0) is 36.8 Å². The van der Waals surface area contributed by atoms with Crippen LogP contribution in [0.3, 0.4) is 0 Å². The Labute approximate surface area is 127 Å². The van der Waals surface area contributed by atoms with E-state index in [-0.39, 0.29) is 5.69 Å². The van der Waals surface area contributed by atoms with E-state index in [0.29, 0.717) is 12.3 Å². The molecular formula is C16H14N2O4. The van der Waals surface area contributed by atoms with Crippen molar-refractivity contribution in [1.29, 1.82) is 0 Å². The Kier molecular flexibility index (Phi) is 4.98. The van der Waals surface area contributed by atoms with Gasteiger partial charge in [-0.1, -0.05) is 6.07 Å². The maximum absolute atomic E-state index is 11.4. The quantitative estimate of drug-likeness (QED) is 0.366. The van der Waals surface area contributed by atoms with Crippen molar-refractivity contribution >= 4 is 17.7 Å². The van der Waals surface area contributed by atoms with Crippen molar-refractivity contribution in [2.75, 3.05) is 6.61 Å². The van der Waals surface area contributed by atoms with E-state index >= 15 is 0 Å². The number of carbonyl (C=O) groups excluding carboxylic acids is 1. The minimum atomic E-state index is -0.450. The molecule has 0 unspecified atom stereocenters. The first kappa shape index (κ1) is 15.4. The minimum Gasteiger partial charge on any atom is -0.463 e. The first-order valence-electron chi connectivity index (χ1n) is 6.66. The molecule has 0 fully saturated rings. The van der Waals surface area contributed by atoms with E-state index in [0.717, 1.165) is 11.1 Å². The molecule has 0 radical (unpaired) electrons. The van der Waals surface area contributed by atoms with Gasteiger partial charge in [0.2, 0.25) is 0 Å². The number of nitrogens with zero attached hydrogens (tertiary/aromatic N) is 2. The van der Waals surface area contributed by atoms with Gasteiger partial charge in [0, 0.05) is 30.0 Å². The third-order valence-corrected chi connectivity index (χ3v) is 2.89. The van der Waals surface area contributed by atoms with Crippen LogP contribution in [-0.4, -0.2) is 22.5 Å². The van der Waals surface area contributed by atoms with Crippen LogP contribution in [0.4, 0.5) is 5.69 Å². The topological polar surface area (TPSA) is 82.3 Å². The second kappa shape index (κ2) is 7.12. The molecule has 0 atom stereocenters. The van der Waals surface area contributed by atoms with Crippen LogP contribution >= 0.6 is 0 Å². The molecule has 22 heavy (non-hydrogen) atoms. The number of hydrogen-bond donors (Lipinski definition) is 0. The molecule has 0 aliphatic rings. The van der Waals surface area contributed by atoms with Crippen LogP contribution < -0.4 is 0 Å². The number of nitro groups is 1. The van der Waals surface area contributed by atoms with E-state index < -0.39 is 10.9 Å². The second-order valence-electron chi connectivity index (χ2n) is 4.33. The van der Waals surface area contributed by atoms with E-state index in [1.807, 2.05) is 6.07 Å². The van der Waals surface area contributed by atoms with Gasteiger partial charge in [-0.15, -0.1) is 0 Å². The van der Waals surface area contributed by atoms with Gasteiger partial charge in [0.25, 0.3) is 5.69 Å². The Morgan fingerprint density at radius 3 is 2.68 bits per heavy atom. The third-order valence-electron chi connectivity index (χ3n) is 2.89. The summed E-state index contributed by atoms with van der Waals surface area (Å²) in [4.78, 5) is 25.8. The number of ether oxygens (including phenoxy) is 1. The van der Waals surface area contributed by atoms with Crippen LogP contribution in [-0.2, 0) is 9.53 Å². The Hall–Kier alpha value is -3.02. The summed E-state index contributed by atoms with van der Waals surface area (Å²) in [7, 11) is 0. The smallest absolute Gasteiger partial charge is 0.330 e. The predicted molar refractivity (Wildman–Crippen MR) is 82.0 cm³/mol. The standard InChI is InChI=1S/C16H14N2O4/c1-2-22-16(19)10-9-15-14(4-3-11-17-15)12-5-7-13(8-6-12)18(20)21/h3-11H,2H2,1H3/b10-9+.